The molecular weight excluding hydrogens is 258 g/mol. The number of likely N-dealkylation sites (tertiary alicyclic amines) is 1. The van der Waals surface area contributed by atoms with Crippen molar-refractivity contribution in [1.29, 1.82) is 0 Å². The summed E-state index contributed by atoms with van der Waals surface area (Å²) in [5.74, 6) is 0.0979. The maximum absolute atomic E-state index is 12.2. The lowest BCUT2D eigenvalue weighted by atomic mass is 10.0. The van der Waals surface area contributed by atoms with Crippen LogP contribution in [-0.2, 0) is 0 Å². The highest BCUT2D eigenvalue weighted by Crippen LogP contribution is 2.21. The molecule has 1 saturated heterocycles. The number of rotatable bonds is 2. The topological polar surface area (TPSA) is 59.2 Å². The number of thiazole rings is 1. The number of carbonyl (C=O) groups is 1. The molecule has 1 amide bonds. The summed E-state index contributed by atoms with van der Waals surface area (Å²) in [6.45, 7) is 3.30. The van der Waals surface area contributed by atoms with Crippen LogP contribution in [0.4, 0.5) is 0 Å². The van der Waals surface area contributed by atoms with Crippen molar-refractivity contribution in [3.05, 3.63) is 16.1 Å². The number of aryl methyl sites for hydroxylation is 1. The summed E-state index contributed by atoms with van der Waals surface area (Å²) in [5.41, 5.74) is 5.71. The minimum absolute atomic E-state index is 0. The van der Waals surface area contributed by atoms with Gasteiger partial charge in [0.15, 0.2) is 0 Å². The molecule has 0 spiro atoms. The number of nitrogens with two attached hydrogens (primary N) is 1. The second-order valence-corrected chi connectivity index (χ2v) is 5.36. The lowest BCUT2D eigenvalue weighted by molar-refractivity contribution is 0.0628. The lowest BCUT2D eigenvalue weighted by Gasteiger charge is -2.34. The Morgan fingerprint density at radius 1 is 1.65 bits per heavy atom. The molecule has 1 fully saturated rings. The molecule has 0 aromatic carbocycles. The Labute approximate surface area is 112 Å². The molecule has 0 saturated carbocycles. The van der Waals surface area contributed by atoms with Gasteiger partial charge in [0, 0.05) is 19.1 Å². The molecule has 17 heavy (non-hydrogen) atoms. The molecule has 1 aliphatic heterocycles. The number of hydrogen-bond acceptors (Lipinski definition) is 4. The number of hydrogen-bond donors (Lipinski definition) is 1. The molecule has 2 rings (SSSR count). The van der Waals surface area contributed by atoms with Crippen LogP contribution in [0.5, 0.6) is 0 Å². The highest BCUT2D eigenvalue weighted by Gasteiger charge is 2.27. The fraction of sp³-hybridized carbons (Fsp3) is 0.636. The lowest BCUT2D eigenvalue weighted by Crippen LogP contribution is -2.47. The third-order valence-corrected chi connectivity index (χ3v) is 3.89. The normalized spacial score (nSPS) is 19.9. The number of piperidine rings is 1. The van der Waals surface area contributed by atoms with E-state index >= 15 is 0 Å². The number of amides is 1. The second-order valence-electron chi connectivity index (χ2n) is 4.13. The van der Waals surface area contributed by atoms with E-state index in [4.69, 9.17) is 5.73 Å². The van der Waals surface area contributed by atoms with Crippen molar-refractivity contribution in [2.24, 2.45) is 5.73 Å². The van der Waals surface area contributed by atoms with Crippen molar-refractivity contribution in [2.75, 3.05) is 13.1 Å². The van der Waals surface area contributed by atoms with Gasteiger partial charge in [-0.25, -0.2) is 4.98 Å². The van der Waals surface area contributed by atoms with E-state index in [2.05, 4.69) is 4.98 Å². The number of aromatic nitrogens is 1. The molecule has 0 aliphatic carbocycles. The van der Waals surface area contributed by atoms with Crippen molar-refractivity contribution < 1.29 is 4.79 Å². The molecule has 6 heteroatoms. The van der Waals surface area contributed by atoms with Crippen LogP contribution in [0.15, 0.2) is 6.20 Å². The Morgan fingerprint density at radius 3 is 3.00 bits per heavy atom. The van der Waals surface area contributed by atoms with E-state index in [1.165, 1.54) is 17.8 Å². The average Bonchev–Trinajstić information content (AvgIpc) is 2.75. The Bertz CT molecular complexity index is 383. The average molecular weight is 276 g/mol. The van der Waals surface area contributed by atoms with Crippen LogP contribution in [0.1, 0.15) is 33.9 Å². The predicted octanol–water partition coefficient (Wildman–Crippen LogP) is 1.83. The minimum atomic E-state index is 0. The van der Waals surface area contributed by atoms with Crippen LogP contribution in [0, 0.1) is 6.92 Å². The number of carbonyl (C=O) groups excluding carboxylic acids is 1. The first kappa shape index (κ1) is 14.4. The van der Waals surface area contributed by atoms with Gasteiger partial charge >= 0.3 is 0 Å². The van der Waals surface area contributed by atoms with Crippen molar-refractivity contribution >= 4 is 29.7 Å². The first-order chi connectivity index (χ1) is 7.72. The molecule has 96 valence electrons. The van der Waals surface area contributed by atoms with Crippen LogP contribution in [0.3, 0.4) is 0 Å². The Kier molecular flexibility index (Phi) is 5.36. The second kappa shape index (κ2) is 6.33. The third-order valence-electron chi connectivity index (χ3n) is 2.99. The Morgan fingerprint density at radius 2 is 2.41 bits per heavy atom. The summed E-state index contributed by atoms with van der Waals surface area (Å²) in [7, 11) is 0. The first-order valence-electron chi connectivity index (χ1n) is 5.66. The summed E-state index contributed by atoms with van der Waals surface area (Å²) < 4.78 is 0. The van der Waals surface area contributed by atoms with E-state index in [1.807, 2.05) is 11.8 Å². The smallest absolute Gasteiger partial charge is 0.265 e. The van der Waals surface area contributed by atoms with E-state index in [-0.39, 0.29) is 24.4 Å². The van der Waals surface area contributed by atoms with Crippen LogP contribution in [-0.4, -0.2) is 34.9 Å². The molecule has 2 N–H and O–H groups in total. The SMILES string of the molecule is Cc1ncc(C(=O)N2CCCCC2CN)s1.Cl. The van der Waals surface area contributed by atoms with Crippen LogP contribution < -0.4 is 5.73 Å². The molecule has 1 aliphatic rings. The van der Waals surface area contributed by atoms with E-state index in [1.54, 1.807) is 6.20 Å². The number of nitrogens with zero attached hydrogens (tertiary/aromatic N) is 2. The molecular formula is C11H18ClN3OS. The molecule has 1 aromatic heterocycles. The zero-order valence-corrected chi connectivity index (χ0v) is 11.5. The largest absolute Gasteiger partial charge is 0.334 e. The monoisotopic (exact) mass is 275 g/mol. The Hall–Kier alpha value is -0.650. The summed E-state index contributed by atoms with van der Waals surface area (Å²) in [4.78, 5) is 19.0. The predicted molar refractivity (Wildman–Crippen MR) is 71.8 cm³/mol. The number of halogens is 1. The molecule has 1 atom stereocenters. The van der Waals surface area contributed by atoms with E-state index < -0.39 is 0 Å². The van der Waals surface area contributed by atoms with Gasteiger partial charge in [-0.05, 0) is 26.2 Å². The zero-order valence-electron chi connectivity index (χ0n) is 9.89. The summed E-state index contributed by atoms with van der Waals surface area (Å²) in [5, 5.41) is 0.935. The van der Waals surface area contributed by atoms with Gasteiger partial charge in [-0.1, -0.05) is 0 Å². The van der Waals surface area contributed by atoms with Crippen molar-refractivity contribution in [3.8, 4) is 0 Å². The van der Waals surface area contributed by atoms with E-state index in [0.717, 1.165) is 29.3 Å². The van der Waals surface area contributed by atoms with Crippen LogP contribution >= 0.6 is 23.7 Å². The fourth-order valence-corrected chi connectivity index (χ4v) is 2.85. The standard InChI is InChI=1S/C11H17N3OS.ClH/c1-8-13-7-10(16-8)11(15)14-5-3-2-4-9(14)6-12;/h7,9H,2-6,12H2,1H3;1H. The van der Waals surface area contributed by atoms with Gasteiger partial charge < -0.3 is 10.6 Å². The van der Waals surface area contributed by atoms with Gasteiger partial charge in [-0.15, -0.1) is 23.7 Å². The van der Waals surface area contributed by atoms with E-state index in [0.29, 0.717) is 6.54 Å². The highest BCUT2D eigenvalue weighted by molar-refractivity contribution is 7.13. The third kappa shape index (κ3) is 3.18. The maximum Gasteiger partial charge on any atom is 0.265 e. The molecule has 0 bridgehead atoms. The van der Waals surface area contributed by atoms with Gasteiger partial charge in [-0.3, -0.25) is 4.79 Å². The highest BCUT2D eigenvalue weighted by atomic mass is 35.5. The molecule has 0 radical (unpaired) electrons. The molecule has 2 heterocycles. The minimum Gasteiger partial charge on any atom is -0.334 e. The van der Waals surface area contributed by atoms with Crippen molar-refractivity contribution in [1.82, 2.24) is 9.88 Å². The first-order valence-corrected chi connectivity index (χ1v) is 6.47. The van der Waals surface area contributed by atoms with Crippen LogP contribution in [0.2, 0.25) is 0 Å². The van der Waals surface area contributed by atoms with Gasteiger partial charge in [-0.2, -0.15) is 0 Å². The van der Waals surface area contributed by atoms with Crippen LogP contribution in [0.25, 0.3) is 0 Å². The van der Waals surface area contributed by atoms with Crippen molar-refractivity contribution in [2.45, 2.75) is 32.2 Å². The molecule has 1 unspecified atom stereocenters. The fourth-order valence-electron chi connectivity index (χ4n) is 2.11. The molecule has 1 aromatic rings. The van der Waals surface area contributed by atoms with Gasteiger partial charge in [0.1, 0.15) is 4.88 Å². The summed E-state index contributed by atoms with van der Waals surface area (Å²) in [6, 6.07) is 0.212. The summed E-state index contributed by atoms with van der Waals surface area (Å²) in [6.07, 6.45) is 4.96. The van der Waals surface area contributed by atoms with Gasteiger partial charge in [0.2, 0.25) is 0 Å². The quantitative estimate of drug-likeness (QED) is 0.896. The van der Waals surface area contributed by atoms with Gasteiger partial charge in [0.05, 0.1) is 11.2 Å². The van der Waals surface area contributed by atoms with E-state index in [9.17, 15) is 4.79 Å². The maximum atomic E-state index is 12.2. The molecule has 4 nitrogen and oxygen atoms in total. The summed E-state index contributed by atoms with van der Waals surface area (Å²) >= 11 is 1.46. The Balaban J connectivity index is 0.00000144. The zero-order chi connectivity index (χ0) is 11.5. The van der Waals surface area contributed by atoms with Crippen molar-refractivity contribution in [3.63, 3.8) is 0 Å². The van der Waals surface area contributed by atoms with Gasteiger partial charge in [0.25, 0.3) is 5.91 Å².